The Morgan fingerprint density at radius 3 is 2.40 bits per heavy atom. The lowest BCUT2D eigenvalue weighted by atomic mass is 9.97. The summed E-state index contributed by atoms with van der Waals surface area (Å²) in [7, 11) is -4.31. The Labute approximate surface area is 173 Å². The SMILES string of the molecule is CCc1cccc(NC(=O)C2CCN(S(=O)(=O)c3ccccc3C(F)(F)F)CC2)c1. The average molecular weight is 440 g/mol. The van der Waals surface area contributed by atoms with Crippen molar-refractivity contribution >= 4 is 21.6 Å². The molecule has 2 aromatic carbocycles. The van der Waals surface area contributed by atoms with E-state index in [-0.39, 0.29) is 31.8 Å². The number of hydrogen-bond donors (Lipinski definition) is 1. The number of aryl methyl sites for hydroxylation is 1. The average Bonchev–Trinajstić information content (AvgIpc) is 2.73. The van der Waals surface area contributed by atoms with Crippen molar-refractivity contribution < 1.29 is 26.4 Å². The zero-order chi connectivity index (χ0) is 21.9. The molecule has 1 amide bonds. The van der Waals surface area contributed by atoms with Gasteiger partial charge in [0.25, 0.3) is 0 Å². The van der Waals surface area contributed by atoms with Crippen LogP contribution in [0.15, 0.2) is 53.4 Å². The Morgan fingerprint density at radius 1 is 1.10 bits per heavy atom. The third-order valence-electron chi connectivity index (χ3n) is 5.24. The van der Waals surface area contributed by atoms with Crippen molar-refractivity contribution in [2.45, 2.75) is 37.3 Å². The Hall–Kier alpha value is -2.39. The quantitative estimate of drug-likeness (QED) is 0.754. The smallest absolute Gasteiger partial charge is 0.326 e. The molecule has 0 bridgehead atoms. The Balaban J connectivity index is 1.68. The number of carbonyl (C=O) groups is 1. The van der Waals surface area contributed by atoms with E-state index in [9.17, 15) is 26.4 Å². The summed E-state index contributed by atoms with van der Waals surface area (Å²) in [5.74, 6) is -0.615. The molecule has 0 atom stereocenters. The van der Waals surface area contributed by atoms with Gasteiger partial charge in [0.1, 0.15) is 0 Å². The first kappa shape index (κ1) is 22.3. The Kier molecular flexibility index (Phi) is 6.52. The van der Waals surface area contributed by atoms with Crippen LogP contribution in [-0.2, 0) is 27.4 Å². The van der Waals surface area contributed by atoms with Crippen LogP contribution in [0.3, 0.4) is 0 Å². The number of benzene rings is 2. The maximum absolute atomic E-state index is 13.2. The van der Waals surface area contributed by atoms with Gasteiger partial charge in [0.15, 0.2) is 0 Å². The first-order valence-electron chi connectivity index (χ1n) is 9.69. The second kappa shape index (κ2) is 8.77. The molecule has 0 aliphatic carbocycles. The van der Waals surface area contributed by atoms with Gasteiger partial charge in [0, 0.05) is 24.7 Å². The van der Waals surface area contributed by atoms with Crippen molar-refractivity contribution in [3.8, 4) is 0 Å². The molecule has 1 aliphatic heterocycles. The fourth-order valence-electron chi connectivity index (χ4n) is 3.54. The summed E-state index contributed by atoms with van der Waals surface area (Å²) >= 11 is 0. The van der Waals surface area contributed by atoms with Gasteiger partial charge in [-0.1, -0.05) is 31.2 Å². The molecule has 2 aromatic rings. The molecule has 3 rings (SSSR count). The number of amides is 1. The minimum absolute atomic E-state index is 0.0123. The van der Waals surface area contributed by atoms with E-state index in [2.05, 4.69) is 5.32 Å². The van der Waals surface area contributed by atoms with Crippen LogP contribution < -0.4 is 5.32 Å². The molecule has 0 spiro atoms. The number of halogens is 3. The second-order valence-electron chi connectivity index (χ2n) is 7.22. The fraction of sp³-hybridized carbons (Fsp3) is 0.381. The van der Waals surface area contributed by atoms with E-state index < -0.39 is 32.6 Å². The van der Waals surface area contributed by atoms with Crippen LogP contribution >= 0.6 is 0 Å². The third-order valence-corrected chi connectivity index (χ3v) is 7.19. The summed E-state index contributed by atoms with van der Waals surface area (Å²) in [6.45, 7) is 1.98. The predicted octanol–water partition coefficient (Wildman–Crippen LogP) is 4.31. The van der Waals surface area contributed by atoms with Crippen LogP contribution in [0.4, 0.5) is 18.9 Å². The molecule has 1 N–H and O–H groups in total. The predicted molar refractivity (Wildman–Crippen MR) is 107 cm³/mol. The van der Waals surface area contributed by atoms with Gasteiger partial charge in [0.05, 0.1) is 10.5 Å². The zero-order valence-corrected chi connectivity index (χ0v) is 17.3. The summed E-state index contributed by atoms with van der Waals surface area (Å²) in [6.07, 6.45) is -3.45. The van der Waals surface area contributed by atoms with Crippen LogP contribution in [0.25, 0.3) is 0 Å². The van der Waals surface area contributed by atoms with Crippen molar-refractivity contribution in [3.63, 3.8) is 0 Å². The number of hydrogen-bond acceptors (Lipinski definition) is 3. The molecule has 5 nitrogen and oxygen atoms in total. The highest BCUT2D eigenvalue weighted by atomic mass is 32.2. The van der Waals surface area contributed by atoms with Crippen molar-refractivity contribution in [3.05, 3.63) is 59.7 Å². The largest absolute Gasteiger partial charge is 0.417 e. The van der Waals surface area contributed by atoms with Crippen LogP contribution in [0.2, 0.25) is 0 Å². The molecule has 1 fully saturated rings. The van der Waals surface area contributed by atoms with Crippen molar-refractivity contribution in [2.24, 2.45) is 5.92 Å². The molecule has 0 unspecified atom stereocenters. The number of alkyl halides is 3. The maximum Gasteiger partial charge on any atom is 0.417 e. The first-order valence-corrected chi connectivity index (χ1v) is 11.1. The number of nitrogens with zero attached hydrogens (tertiary/aromatic N) is 1. The monoisotopic (exact) mass is 440 g/mol. The fourth-order valence-corrected chi connectivity index (χ4v) is 5.22. The number of sulfonamides is 1. The molecule has 0 saturated carbocycles. The second-order valence-corrected chi connectivity index (χ2v) is 9.12. The van der Waals surface area contributed by atoms with E-state index in [0.717, 1.165) is 34.5 Å². The van der Waals surface area contributed by atoms with Crippen LogP contribution in [-0.4, -0.2) is 31.7 Å². The molecule has 162 valence electrons. The molecular weight excluding hydrogens is 417 g/mol. The van der Waals surface area contributed by atoms with Crippen molar-refractivity contribution in [1.82, 2.24) is 4.31 Å². The molecule has 1 heterocycles. The number of rotatable bonds is 5. The van der Waals surface area contributed by atoms with Crippen LogP contribution in [0, 0.1) is 5.92 Å². The maximum atomic E-state index is 13.2. The molecule has 0 radical (unpaired) electrons. The minimum Gasteiger partial charge on any atom is -0.326 e. The topological polar surface area (TPSA) is 66.5 Å². The van der Waals surface area contributed by atoms with Gasteiger partial charge in [-0.2, -0.15) is 17.5 Å². The van der Waals surface area contributed by atoms with E-state index >= 15 is 0 Å². The molecule has 1 aliphatic rings. The standard InChI is InChI=1S/C21H23F3N2O3S/c1-2-15-6-5-7-17(14-15)25-20(27)16-10-12-26(13-11-16)30(28,29)19-9-4-3-8-18(19)21(22,23)24/h3-9,14,16H,2,10-13H2,1H3,(H,25,27). The first-order chi connectivity index (χ1) is 14.1. The van der Waals surface area contributed by atoms with Gasteiger partial charge < -0.3 is 5.32 Å². The normalized spacial score (nSPS) is 16.4. The number of anilines is 1. The van der Waals surface area contributed by atoms with Gasteiger partial charge in [0.2, 0.25) is 15.9 Å². The molecular formula is C21H23F3N2O3S. The van der Waals surface area contributed by atoms with Crippen LogP contribution in [0.1, 0.15) is 30.9 Å². The summed E-state index contributed by atoms with van der Waals surface area (Å²) < 4.78 is 66.4. The summed E-state index contributed by atoms with van der Waals surface area (Å²) in [4.78, 5) is 11.8. The zero-order valence-electron chi connectivity index (χ0n) is 16.4. The summed E-state index contributed by atoms with van der Waals surface area (Å²) in [6, 6.07) is 11.6. The number of piperidine rings is 1. The van der Waals surface area contributed by atoms with Gasteiger partial charge >= 0.3 is 6.18 Å². The van der Waals surface area contributed by atoms with Gasteiger partial charge in [-0.3, -0.25) is 4.79 Å². The van der Waals surface area contributed by atoms with E-state index in [1.54, 1.807) is 6.07 Å². The van der Waals surface area contributed by atoms with Gasteiger partial charge in [-0.05, 0) is 49.1 Å². The number of nitrogens with one attached hydrogen (secondary N) is 1. The lowest BCUT2D eigenvalue weighted by Crippen LogP contribution is -2.41. The van der Waals surface area contributed by atoms with Gasteiger partial charge in [-0.15, -0.1) is 0 Å². The van der Waals surface area contributed by atoms with Crippen LogP contribution in [0.5, 0.6) is 0 Å². The lowest BCUT2D eigenvalue weighted by Gasteiger charge is -2.31. The van der Waals surface area contributed by atoms with E-state index in [0.29, 0.717) is 5.69 Å². The van der Waals surface area contributed by atoms with Gasteiger partial charge in [-0.25, -0.2) is 8.42 Å². The van der Waals surface area contributed by atoms with E-state index in [4.69, 9.17) is 0 Å². The highest BCUT2D eigenvalue weighted by Crippen LogP contribution is 2.36. The molecule has 9 heteroatoms. The third kappa shape index (κ3) is 4.84. The Morgan fingerprint density at radius 2 is 1.77 bits per heavy atom. The van der Waals surface area contributed by atoms with Crippen molar-refractivity contribution in [2.75, 3.05) is 18.4 Å². The molecule has 30 heavy (non-hydrogen) atoms. The lowest BCUT2D eigenvalue weighted by molar-refractivity contribution is -0.139. The molecule has 0 aromatic heterocycles. The summed E-state index contributed by atoms with van der Waals surface area (Å²) in [5.41, 5.74) is 0.575. The van der Waals surface area contributed by atoms with E-state index in [1.807, 2.05) is 25.1 Å². The Bertz CT molecular complexity index is 1010. The summed E-state index contributed by atoms with van der Waals surface area (Å²) in [5, 5.41) is 2.84. The van der Waals surface area contributed by atoms with E-state index in [1.165, 1.54) is 6.07 Å². The van der Waals surface area contributed by atoms with Crippen molar-refractivity contribution in [1.29, 1.82) is 0 Å². The highest BCUT2D eigenvalue weighted by molar-refractivity contribution is 7.89. The minimum atomic E-state index is -4.77. The molecule has 1 saturated heterocycles. The number of carbonyl (C=O) groups excluding carboxylic acids is 1. The highest BCUT2D eigenvalue weighted by Gasteiger charge is 2.40.